The monoisotopic (exact) mass is 775 g/mol. The Kier molecular flexibility index (Phi) is 7.85. The second-order valence-corrected chi connectivity index (χ2v) is 19.0. The minimum atomic E-state index is -0.207. The third-order valence-electron chi connectivity index (χ3n) is 13.6. The van der Waals surface area contributed by atoms with E-state index in [0.717, 1.165) is 50.1 Å². The summed E-state index contributed by atoms with van der Waals surface area (Å²) in [6, 6.07) is 62.8. The molecule has 0 spiro atoms. The number of fused-ring (bicyclic) bond motifs is 9. The largest absolute Gasteiger partial charge is 0.455 e. The molecule has 0 fully saturated rings. The standard InChI is InChI=1S/C58H49NO/c1-56(2,3)52-33-38(36-16-9-8-10-17-36)32-48-45-31-29-41(35-51(45)58(6,7)54(48)52)59(40-28-30-44-43-18-11-13-22-49(43)57(4,5)50(44)34-40)39-26-24-37(25-27-39)42-20-15-21-47-46-19-12-14-23-53(46)60-55(42)47/h8-35H,1-7H3. The zero-order valence-electron chi connectivity index (χ0n) is 35.5. The molecule has 0 N–H and O–H groups in total. The Labute approximate surface area is 353 Å². The molecule has 1 heterocycles. The summed E-state index contributed by atoms with van der Waals surface area (Å²) < 4.78 is 6.48. The quantitative estimate of drug-likeness (QED) is 0.173. The molecule has 0 saturated carbocycles. The number of nitrogens with zero attached hydrogens (tertiary/aromatic N) is 1. The first-order valence-electron chi connectivity index (χ1n) is 21.3. The van der Waals surface area contributed by atoms with Gasteiger partial charge in [0.25, 0.3) is 0 Å². The average Bonchev–Trinajstić information content (AvgIpc) is 3.83. The van der Waals surface area contributed by atoms with Gasteiger partial charge < -0.3 is 9.32 Å². The first-order valence-corrected chi connectivity index (χ1v) is 21.3. The summed E-state index contributed by atoms with van der Waals surface area (Å²) in [6.07, 6.45) is 0. The smallest absolute Gasteiger partial charge is 0.143 e. The second-order valence-electron chi connectivity index (χ2n) is 19.0. The SMILES string of the molecule is CC(C)(C)c1cc(-c2ccccc2)cc2c1C(C)(C)c1cc(N(c3ccc(-c4cccc5c4oc4ccccc45)cc3)c3ccc4c(c3)C(C)(C)c3ccccc3-4)ccc1-2. The van der Waals surface area contributed by atoms with Gasteiger partial charge in [-0.05, 0) is 121 Å². The van der Waals surface area contributed by atoms with E-state index in [1.165, 1.54) is 61.2 Å². The van der Waals surface area contributed by atoms with Crippen LogP contribution in [0.25, 0.3) is 66.4 Å². The normalized spacial score (nSPS) is 14.5. The highest BCUT2D eigenvalue weighted by Gasteiger charge is 2.41. The molecule has 1 aromatic heterocycles. The van der Waals surface area contributed by atoms with Crippen LogP contribution in [0.15, 0.2) is 174 Å². The van der Waals surface area contributed by atoms with E-state index in [9.17, 15) is 0 Å². The lowest BCUT2D eigenvalue weighted by Gasteiger charge is -2.32. The Bertz CT molecular complexity index is 3170. The summed E-state index contributed by atoms with van der Waals surface area (Å²) in [5, 5.41) is 2.29. The van der Waals surface area contributed by atoms with Crippen molar-refractivity contribution in [2.75, 3.05) is 4.90 Å². The average molecular weight is 776 g/mol. The van der Waals surface area contributed by atoms with Crippen LogP contribution >= 0.6 is 0 Å². The van der Waals surface area contributed by atoms with E-state index in [2.05, 4.69) is 217 Å². The molecule has 8 aromatic carbocycles. The zero-order chi connectivity index (χ0) is 41.1. The van der Waals surface area contributed by atoms with Crippen molar-refractivity contribution in [1.29, 1.82) is 0 Å². The van der Waals surface area contributed by atoms with Crippen LogP contribution in [0.2, 0.25) is 0 Å². The van der Waals surface area contributed by atoms with Gasteiger partial charge in [-0.3, -0.25) is 0 Å². The summed E-state index contributed by atoms with van der Waals surface area (Å²) in [6.45, 7) is 16.6. The summed E-state index contributed by atoms with van der Waals surface area (Å²) >= 11 is 0. The van der Waals surface area contributed by atoms with E-state index < -0.39 is 0 Å². The van der Waals surface area contributed by atoms with E-state index in [-0.39, 0.29) is 16.2 Å². The van der Waals surface area contributed by atoms with Gasteiger partial charge >= 0.3 is 0 Å². The molecule has 292 valence electrons. The van der Waals surface area contributed by atoms with E-state index in [1.807, 2.05) is 6.07 Å². The third kappa shape index (κ3) is 5.40. The Morgan fingerprint density at radius 1 is 0.417 bits per heavy atom. The summed E-state index contributed by atoms with van der Waals surface area (Å²) in [4.78, 5) is 2.46. The van der Waals surface area contributed by atoms with Gasteiger partial charge in [0, 0.05) is 44.2 Å². The van der Waals surface area contributed by atoms with Crippen molar-refractivity contribution < 1.29 is 4.42 Å². The molecule has 0 saturated heterocycles. The molecular formula is C58H49NO. The number of benzene rings is 8. The van der Waals surface area contributed by atoms with Gasteiger partial charge in [0.15, 0.2) is 0 Å². The lowest BCUT2D eigenvalue weighted by Crippen LogP contribution is -2.23. The predicted octanol–water partition coefficient (Wildman–Crippen LogP) is 16.3. The van der Waals surface area contributed by atoms with Gasteiger partial charge in [0.1, 0.15) is 11.2 Å². The van der Waals surface area contributed by atoms with Crippen LogP contribution in [0, 0.1) is 0 Å². The van der Waals surface area contributed by atoms with Crippen molar-refractivity contribution in [3.05, 3.63) is 198 Å². The van der Waals surface area contributed by atoms with E-state index in [0.29, 0.717) is 0 Å². The highest BCUT2D eigenvalue weighted by molar-refractivity contribution is 6.09. The van der Waals surface area contributed by atoms with Gasteiger partial charge in [-0.25, -0.2) is 0 Å². The molecule has 60 heavy (non-hydrogen) atoms. The fraction of sp³-hybridized carbons (Fsp3) is 0.172. The van der Waals surface area contributed by atoms with Crippen molar-refractivity contribution in [3.63, 3.8) is 0 Å². The molecule has 11 rings (SSSR count). The van der Waals surface area contributed by atoms with Crippen LogP contribution in [0.3, 0.4) is 0 Å². The molecule has 0 atom stereocenters. The zero-order valence-corrected chi connectivity index (χ0v) is 35.5. The third-order valence-corrected chi connectivity index (χ3v) is 13.6. The van der Waals surface area contributed by atoms with Crippen LogP contribution < -0.4 is 4.90 Å². The van der Waals surface area contributed by atoms with Crippen molar-refractivity contribution in [1.82, 2.24) is 0 Å². The van der Waals surface area contributed by atoms with E-state index >= 15 is 0 Å². The molecule has 2 aliphatic carbocycles. The topological polar surface area (TPSA) is 16.4 Å². The van der Waals surface area contributed by atoms with Crippen molar-refractivity contribution in [2.45, 2.75) is 64.7 Å². The first kappa shape index (κ1) is 36.4. The van der Waals surface area contributed by atoms with Crippen molar-refractivity contribution in [3.8, 4) is 44.5 Å². The molecule has 0 aliphatic heterocycles. The molecule has 2 heteroatoms. The molecule has 0 radical (unpaired) electrons. The highest BCUT2D eigenvalue weighted by Crippen LogP contribution is 2.56. The first-order chi connectivity index (χ1) is 28.9. The lowest BCUT2D eigenvalue weighted by atomic mass is 9.73. The fourth-order valence-corrected chi connectivity index (χ4v) is 10.5. The maximum absolute atomic E-state index is 6.48. The number of rotatable bonds is 5. The minimum absolute atomic E-state index is 0.0354. The molecule has 9 aromatic rings. The molecule has 2 aliphatic rings. The van der Waals surface area contributed by atoms with Gasteiger partial charge in [-0.15, -0.1) is 0 Å². The van der Waals surface area contributed by atoms with Gasteiger partial charge in [0.05, 0.1) is 0 Å². The van der Waals surface area contributed by atoms with E-state index in [1.54, 1.807) is 0 Å². The van der Waals surface area contributed by atoms with Gasteiger partial charge in [-0.1, -0.05) is 170 Å². The number of anilines is 3. The van der Waals surface area contributed by atoms with Crippen LogP contribution in [0.4, 0.5) is 17.1 Å². The van der Waals surface area contributed by atoms with Crippen LogP contribution in [-0.4, -0.2) is 0 Å². The summed E-state index contributed by atoms with van der Waals surface area (Å²) in [7, 11) is 0. The van der Waals surface area contributed by atoms with Crippen molar-refractivity contribution in [2.24, 2.45) is 0 Å². The molecule has 0 bridgehead atoms. The molecule has 0 unspecified atom stereocenters. The minimum Gasteiger partial charge on any atom is -0.455 e. The molecular weight excluding hydrogens is 727 g/mol. The summed E-state index contributed by atoms with van der Waals surface area (Å²) in [5.74, 6) is 0. The summed E-state index contributed by atoms with van der Waals surface area (Å²) in [5.41, 5.74) is 21.9. The van der Waals surface area contributed by atoms with Crippen molar-refractivity contribution >= 4 is 39.0 Å². The number of furan rings is 1. The van der Waals surface area contributed by atoms with Crippen LogP contribution in [0.1, 0.15) is 76.3 Å². The second kappa shape index (κ2) is 12.9. The Morgan fingerprint density at radius 2 is 1.00 bits per heavy atom. The molecule has 2 nitrogen and oxygen atoms in total. The Hall–Kier alpha value is -6.64. The Morgan fingerprint density at radius 3 is 1.73 bits per heavy atom. The fourth-order valence-electron chi connectivity index (χ4n) is 10.5. The Balaban J connectivity index is 1.08. The predicted molar refractivity (Wildman–Crippen MR) is 253 cm³/mol. The number of hydrogen-bond acceptors (Lipinski definition) is 2. The maximum Gasteiger partial charge on any atom is 0.143 e. The maximum atomic E-state index is 6.48. The van der Waals surface area contributed by atoms with E-state index in [4.69, 9.17) is 4.42 Å². The number of para-hydroxylation sites is 2. The number of hydrogen-bond donors (Lipinski definition) is 0. The van der Waals surface area contributed by atoms with Gasteiger partial charge in [-0.2, -0.15) is 0 Å². The van der Waals surface area contributed by atoms with Crippen LogP contribution in [-0.2, 0) is 16.2 Å². The van der Waals surface area contributed by atoms with Crippen LogP contribution in [0.5, 0.6) is 0 Å². The highest BCUT2D eigenvalue weighted by atomic mass is 16.3. The van der Waals surface area contributed by atoms with Gasteiger partial charge in [0.2, 0.25) is 0 Å². The molecule has 0 amide bonds. The lowest BCUT2D eigenvalue weighted by molar-refractivity contribution is 0.557.